The van der Waals surface area contributed by atoms with E-state index in [1.807, 2.05) is 24.0 Å². The molecule has 1 heterocycles. The number of aromatic nitrogens is 2. The number of imidazole rings is 1. The molecule has 0 amide bonds. The smallest absolute Gasteiger partial charge is 0.127 e. The number of hydrogen-bond donors (Lipinski definition) is 1. The van der Waals surface area contributed by atoms with Crippen LogP contribution < -0.4 is 10.6 Å². The van der Waals surface area contributed by atoms with Crippen LogP contribution in [0.4, 0.5) is 5.69 Å². The molecule has 1 aromatic carbocycles. The van der Waals surface area contributed by atoms with Crippen molar-refractivity contribution in [2.24, 2.45) is 12.8 Å². The van der Waals surface area contributed by atoms with Crippen LogP contribution in [0.1, 0.15) is 11.4 Å². The average molecular weight is 323 g/mol. The molecule has 0 bridgehead atoms. The topological polar surface area (TPSA) is 47.1 Å². The summed E-state index contributed by atoms with van der Waals surface area (Å²) in [5.41, 5.74) is 8.00. The summed E-state index contributed by atoms with van der Waals surface area (Å²) in [6.07, 6.45) is 4.68. The molecule has 0 saturated carbocycles. The van der Waals surface area contributed by atoms with Gasteiger partial charge in [0.2, 0.25) is 0 Å². The molecular weight excluding hydrogens is 304 g/mol. The molecule has 1 aromatic heterocycles. The van der Waals surface area contributed by atoms with Crippen LogP contribution in [0.25, 0.3) is 0 Å². The van der Waals surface area contributed by atoms with E-state index in [1.165, 1.54) is 5.56 Å². The van der Waals surface area contributed by atoms with Gasteiger partial charge in [0.05, 0.1) is 6.54 Å². The molecular formula is C14H19BrN4. The third-order valence-corrected chi connectivity index (χ3v) is 3.93. The molecule has 102 valence electrons. The van der Waals surface area contributed by atoms with Crippen molar-refractivity contribution in [1.82, 2.24) is 9.55 Å². The molecule has 0 atom stereocenters. The standard InChI is InChI=1S/C14H19BrN4/c1-18-8-7-17-14(18)10-19(2)12-4-3-11(5-6-16)13(15)9-12/h3-4,7-9H,5-6,10,16H2,1-2H3. The van der Waals surface area contributed by atoms with E-state index in [-0.39, 0.29) is 0 Å². The summed E-state index contributed by atoms with van der Waals surface area (Å²) in [4.78, 5) is 6.52. The zero-order valence-corrected chi connectivity index (χ0v) is 12.9. The number of hydrogen-bond acceptors (Lipinski definition) is 3. The Morgan fingerprint density at radius 3 is 2.79 bits per heavy atom. The second-order valence-electron chi connectivity index (χ2n) is 4.62. The van der Waals surface area contributed by atoms with Crippen LogP contribution in [-0.4, -0.2) is 23.1 Å². The summed E-state index contributed by atoms with van der Waals surface area (Å²) in [5, 5.41) is 0. The van der Waals surface area contributed by atoms with Gasteiger partial charge in [0, 0.05) is 36.6 Å². The normalized spacial score (nSPS) is 10.7. The quantitative estimate of drug-likeness (QED) is 0.919. The Labute approximate surface area is 122 Å². The van der Waals surface area contributed by atoms with Crippen molar-refractivity contribution in [3.05, 3.63) is 46.5 Å². The zero-order valence-electron chi connectivity index (χ0n) is 11.3. The molecule has 0 radical (unpaired) electrons. The largest absolute Gasteiger partial charge is 0.367 e. The van der Waals surface area contributed by atoms with E-state index in [1.54, 1.807) is 0 Å². The van der Waals surface area contributed by atoms with Crippen LogP contribution in [-0.2, 0) is 20.0 Å². The summed E-state index contributed by atoms with van der Waals surface area (Å²) in [6.45, 7) is 1.45. The number of nitrogens with zero attached hydrogens (tertiary/aromatic N) is 3. The molecule has 2 aromatic rings. The molecule has 19 heavy (non-hydrogen) atoms. The van der Waals surface area contributed by atoms with Crippen molar-refractivity contribution in [1.29, 1.82) is 0 Å². The molecule has 0 aliphatic heterocycles. The Balaban J connectivity index is 2.13. The monoisotopic (exact) mass is 322 g/mol. The van der Waals surface area contributed by atoms with Crippen LogP contribution in [0.15, 0.2) is 35.1 Å². The lowest BCUT2D eigenvalue weighted by atomic mass is 10.1. The maximum absolute atomic E-state index is 5.59. The zero-order chi connectivity index (χ0) is 13.8. The minimum absolute atomic E-state index is 0.668. The Morgan fingerprint density at radius 1 is 1.42 bits per heavy atom. The molecule has 2 N–H and O–H groups in total. The predicted octanol–water partition coefficient (Wildman–Crippen LogP) is 2.32. The van der Waals surface area contributed by atoms with E-state index >= 15 is 0 Å². The van der Waals surface area contributed by atoms with Crippen molar-refractivity contribution in [2.45, 2.75) is 13.0 Å². The van der Waals surface area contributed by atoms with Gasteiger partial charge >= 0.3 is 0 Å². The minimum Gasteiger partial charge on any atom is -0.367 e. The van der Waals surface area contributed by atoms with Crippen LogP contribution in [0.2, 0.25) is 0 Å². The highest BCUT2D eigenvalue weighted by Crippen LogP contribution is 2.24. The molecule has 2 rings (SSSR count). The van der Waals surface area contributed by atoms with Gasteiger partial charge in [0.1, 0.15) is 5.82 Å². The SMILES string of the molecule is CN(Cc1nccn1C)c1ccc(CCN)c(Br)c1. The molecule has 5 heteroatoms. The van der Waals surface area contributed by atoms with Crippen molar-refractivity contribution in [3.8, 4) is 0 Å². The third kappa shape index (κ3) is 3.36. The lowest BCUT2D eigenvalue weighted by Crippen LogP contribution is -2.19. The first-order valence-corrected chi connectivity index (χ1v) is 7.07. The van der Waals surface area contributed by atoms with Crippen LogP contribution in [0.3, 0.4) is 0 Å². The maximum atomic E-state index is 5.59. The Morgan fingerprint density at radius 2 is 2.21 bits per heavy atom. The first-order valence-electron chi connectivity index (χ1n) is 6.27. The highest BCUT2D eigenvalue weighted by Gasteiger charge is 2.08. The Kier molecular flexibility index (Phi) is 4.61. The van der Waals surface area contributed by atoms with E-state index < -0.39 is 0 Å². The first kappa shape index (κ1) is 14.1. The number of rotatable bonds is 5. The van der Waals surface area contributed by atoms with Crippen molar-refractivity contribution >= 4 is 21.6 Å². The van der Waals surface area contributed by atoms with Gasteiger partial charge in [-0.15, -0.1) is 0 Å². The molecule has 0 saturated heterocycles. The number of aryl methyl sites for hydroxylation is 1. The van der Waals surface area contributed by atoms with Crippen molar-refractivity contribution in [2.75, 3.05) is 18.5 Å². The predicted molar refractivity (Wildman–Crippen MR) is 82.2 cm³/mol. The fourth-order valence-corrected chi connectivity index (χ4v) is 2.55. The minimum atomic E-state index is 0.668. The second kappa shape index (κ2) is 6.21. The molecule has 0 aliphatic carbocycles. The number of halogens is 1. The number of benzene rings is 1. The Bertz CT molecular complexity index is 550. The molecule has 0 unspecified atom stereocenters. The lowest BCUT2D eigenvalue weighted by Gasteiger charge is -2.20. The van der Waals surface area contributed by atoms with Gasteiger partial charge in [-0.2, -0.15) is 0 Å². The molecule has 0 aliphatic rings. The van der Waals surface area contributed by atoms with Gasteiger partial charge in [-0.1, -0.05) is 22.0 Å². The van der Waals surface area contributed by atoms with E-state index in [0.29, 0.717) is 6.54 Å². The molecule has 4 nitrogen and oxygen atoms in total. The number of nitrogens with two attached hydrogens (primary N) is 1. The summed E-state index contributed by atoms with van der Waals surface area (Å²) in [6, 6.07) is 6.38. The lowest BCUT2D eigenvalue weighted by molar-refractivity contribution is 0.761. The van der Waals surface area contributed by atoms with Gasteiger partial charge in [-0.3, -0.25) is 0 Å². The highest BCUT2D eigenvalue weighted by atomic mass is 79.9. The van der Waals surface area contributed by atoms with Crippen LogP contribution >= 0.6 is 15.9 Å². The van der Waals surface area contributed by atoms with E-state index in [4.69, 9.17) is 5.73 Å². The summed E-state index contributed by atoms with van der Waals surface area (Å²) < 4.78 is 3.15. The molecule has 0 spiro atoms. The van der Waals surface area contributed by atoms with Crippen LogP contribution in [0.5, 0.6) is 0 Å². The van der Waals surface area contributed by atoms with E-state index in [0.717, 1.165) is 29.0 Å². The average Bonchev–Trinajstić information content (AvgIpc) is 2.78. The fraction of sp³-hybridized carbons (Fsp3) is 0.357. The molecule has 0 fully saturated rings. The third-order valence-electron chi connectivity index (χ3n) is 3.19. The van der Waals surface area contributed by atoms with Gasteiger partial charge < -0.3 is 15.2 Å². The van der Waals surface area contributed by atoms with Gasteiger partial charge in [0.25, 0.3) is 0 Å². The summed E-state index contributed by atoms with van der Waals surface area (Å²) in [5.74, 6) is 1.05. The van der Waals surface area contributed by atoms with Crippen molar-refractivity contribution < 1.29 is 0 Å². The van der Waals surface area contributed by atoms with E-state index in [9.17, 15) is 0 Å². The summed E-state index contributed by atoms with van der Waals surface area (Å²) in [7, 11) is 4.08. The fourth-order valence-electron chi connectivity index (χ4n) is 1.98. The van der Waals surface area contributed by atoms with Gasteiger partial charge in [-0.05, 0) is 30.7 Å². The maximum Gasteiger partial charge on any atom is 0.127 e. The van der Waals surface area contributed by atoms with Gasteiger partial charge in [0.15, 0.2) is 0 Å². The second-order valence-corrected chi connectivity index (χ2v) is 5.48. The Hall–Kier alpha value is -1.33. The van der Waals surface area contributed by atoms with E-state index in [2.05, 4.69) is 51.1 Å². The van der Waals surface area contributed by atoms with Gasteiger partial charge in [-0.25, -0.2) is 4.98 Å². The first-order chi connectivity index (χ1) is 9.11. The van der Waals surface area contributed by atoms with Crippen molar-refractivity contribution in [3.63, 3.8) is 0 Å². The highest BCUT2D eigenvalue weighted by molar-refractivity contribution is 9.10. The van der Waals surface area contributed by atoms with Crippen LogP contribution in [0, 0.1) is 0 Å². The number of anilines is 1. The summed E-state index contributed by atoms with van der Waals surface area (Å²) >= 11 is 3.61.